The molecule has 1 amide bonds. The molecule has 21 heavy (non-hydrogen) atoms. The summed E-state index contributed by atoms with van der Waals surface area (Å²) in [7, 11) is 0. The average molecular weight is 289 g/mol. The molecular formula is C16H19NO4. The second-order valence-electron chi connectivity index (χ2n) is 5.91. The minimum atomic E-state index is -0.905. The molecule has 1 fully saturated rings. The Hall–Kier alpha value is -1.88. The first kappa shape index (κ1) is 14.1. The van der Waals surface area contributed by atoms with Gasteiger partial charge >= 0.3 is 5.97 Å². The number of carbonyl (C=O) groups is 2. The zero-order valence-corrected chi connectivity index (χ0v) is 12.1. The maximum Gasteiger partial charge on any atom is 0.335 e. The lowest BCUT2D eigenvalue weighted by Gasteiger charge is -2.35. The van der Waals surface area contributed by atoms with Gasteiger partial charge in [0.05, 0.1) is 5.56 Å². The van der Waals surface area contributed by atoms with Crippen LogP contribution < -0.4 is 0 Å². The molecule has 0 aromatic heterocycles. The van der Waals surface area contributed by atoms with Gasteiger partial charge in [-0.05, 0) is 43.4 Å². The SMILES string of the molecule is CC1(C(=O)N2CCc3c(cccc3C(=O)O)C2)CCCO1. The van der Waals surface area contributed by atoms with Crippen LogP contribution in [0.1, 0.15) is 41.3 Å². The number of amides is 1. The van der Waals surface area contributed by atoms with Crippen LogP contribution in [-0.4, -0.2) is 40.6 Å². The first-order chi connectivity index (χ1) is 10.0. The van der Waals surface area contributed by atoms with Crippen LogP contribution in [0.2, 0.25) is 0 Å². The van der Waals surface area contributed by atoms with Gasteiger partial charge in [0.15, 0.2) is 0 Å². The Kier molecular flexibility index (Phi) is 3.45. The fourth-order valence-electron chi connectivity index (χ4n) is 3.27. The number of aromatic carboxylic acids is 1. The predicted octanol–water partition coefficient (Wildman–Crippen LogP) is 1.84. The van der Waals surface area contributed by atoms with Gasteiger partial charge in [-0.1, -0.05) is 12.1 Å². The van der Waals surface area contributed by atoms with Crippen LogP contribution in [0.5, 0.6) is 0 Å². The molecule has 1 atom stereocenters. The van der Waals surface area contributed by atoms with Crippen LogP contribution in [-0.2, 0) is 22.5 Å². The number of fused-ring (bicyclic) bond motifs is 1. The Bertz CT molecular complexity index is 590. The van der Waals surface area contributed by atoms with Crippen molar-refractivity contribution in [3.8, 4) is 0 Å². The maximum absolute atomic E-state index is 12.6. The quantitative estimate of drug-likeness (QED) is 0.902. The predicted molar refractivity (Wildman–Crippen MR) is 76.1 cm³/mol. The normalized spacial score (nSPS) is 24.7. The molecule has 2 heterocycles. The van der Waals surface area contributed by atoms with E-state index < -0.39 is 11.6 Å². The fourth-order valence-corrected chi connectivity index (χ4v) is 3.27. The van der Waals surface area contributed by atoms with E-state index in [-0.39, 0.29) is 5.91 Å². The Labute approximate surface area is 123 Å². The summed E-state index contributed by atoms with van der Waals surface area (Å²) in [5, 5.41) is 9.23. The van der Waals surface area contributed by atoms with Gasteiger partial charge in [0, 0.05) is 19.7 Å². The zero-order valence-electron chi connectivity index (χ0n) is 12.1. The molecule has 0 saturated carbocycles. The van der Waals surface area contributed by atoms with Crippen molar-refractivity contribution in [2.75, 3.05) is 13.2 Å². The van der Waals surface area contributed by atoms with Crippen LogP contribution in [0, 0.1) is 0 Å². The first-order valence-electron chi connectivity index (χ1n) is 7.29. The molecule has 2 aliphatic rings. The van der Waals surface area contributed by atoms with Gasteiger partial charge in [-0.25, -0.2) is 4.79 Å². The molecule has 5 nitrogen and oxygen atoms in total. The minimum absolute atomic E-state index is 0.0198. The van der Waals surface area contributed by atoms with Gasteiger partial charge in [0.1, 0.15) is 5.60 Å². The highest BCUT2D eigenvalue weighted by Crippen LogP contribution is 2.30. The number of ether oxygens (including phenoxy) is 1. The van der Waals surface area contributed by atoms with E-state index in [1.807, 2.05) is 13.0 Å². The molecule has 0 spiro atoms. The largest absolute Gasteiger partial charge is 0.478 e. The molecule has 112 valence electrons. The summed E-state index contributed by atoms with van der Waals surface area (Å²) in [4.78, 5) is 25.7. The van der Waals surface area contributed by atoms with Crippen LogP contribution >= 0.6 is 0 Å². The number of hydrogen-bond donors (Lipinski definition) is 1. The average Bonchev–Trinajstić information content (AvgIpc) is 2.93. The lowest BCUT2D eigenvalue weighted by Crippen LogP contribution is -2.48. The van der Waals surface area contributed by atoms with Crippen LogP contribution in [0.4, 0.5) is 0 Å². The maximum atomic E-state index is 12.6. The summed E-state index contributed by atoms with van der Waals surface area (Å²) in [6.07, 6.45) is 2.25. The highest BCUT2D eigenvalue weighted by molar-refractivity contribution is 5.90. The fraction of sp³-hybridized carbons (Fsp3) is 0.500. The summed E-state index contributed by atoms with van der Waals surface area (Å²) in [5.74, 6) is -0.885. The van der Waals surface area contributed by atoms with Crippen molar-refractivity contribution in [2.24, 2.45) is 0 Å². The van der Waals surface area contributed by atoms with Crippen molar-refractivity contribution in [3.63, 3.8) is 0 Å². The minimum Gasteiger partial charge on any atom is -0.478 e. The van der Waals surface area contributed by atoms with E-state index in [1.54, 1.807) is 17.0 Å². The van der Waals surface area contributed by atoms with E-state index in [1.165, 1.54) is 0 Å². The third-order valence-electron chi connectivity index (χ3n) is 4.45. The second-order valence-corrected chi connectivity index (χ2v) is 5.91. The summed E-state index contributed by atoms with van der Waals surface area (Å²) in [5.41, 5.74) is 1.42. The molecule has 1 saturated heterocycles. The monoisotopic (exact) mass is 289 g/mol. The molecule has 0 aliphatic carbocycles. The van der Waals surface area contributed by atoms with E-state index >= 15 is 0 Å². The van der Waals surface area contributed by atoms with Crippen molar-refractivity contribution in [1.29, 1.82) is 0 Å². The number of nitrogens with zero attached hydrogens (tertiary/aromatic N) is 1. The van der Waals surface area contributed by atoms with Gasteiger partial charge in [-0.3, -0.25) is 4.79 Å². The van der Waals surface area contributed by atoms with Crippen LogP contribution in [0.3, 0.4) is 0 Å². The zero-order chi connectivity index (χ0) is 15.0. The number of carboxylic acids is 1. The number of rotatable bonds is 2. The van der Waals surface area contributed by atoms with Crippen molar-refractivity contribution < 1.29 is 19.4 Å². The van der Waals surface area contributed by atoms with E-state index in [0.717, 1.165) is 24.0 Å². The highest BCUT2D eigenvalue weighted by Gasteiger charge is 2.41. The van der Waals surface area contributed by atoms with Crippen molar-refractivity contribution in [2.45, 2.75) is 38.3 Å². The molecule has 3 rings (SSSR count). The lowest BCUT2D eigenvalue weighted by atomic mass is 9.92. The molecule has 0 radical (unpaired) electrons. The third-order valence-corrected chi connectivity index (χ3v) is 4.45. The van der Waals surface area contributed by atoms with E-state index in [4.69, 9.17) is 4.74 Å². The Balaban J connectivity index is 1.83. The second kappa shape index (κ2) is 5.15. The topological polar surface area (TPSA) is 66.8 Å². The molecule has 0 bridgehead atoms. The van der Waals surface area contributed by atoms with Gasteiger partial charge in [-0.2, -0.15) is 0 Å². The molecule has 2 aliphatic heterocycles. The Morgan fingerprint density at radius 1 is 1.38 bits per heavy atom. The Morgan fingerprint density at radius 2 is 2.19 bits per heavy atom. The molecule has 1 aromatic carbocycles. The lowest BCUT2D eigenvalue weighted by molar-refractivity contribution is -0.152. The summed E-state index contributed by atoms with van der Waals surface area (Å²) in [6.45, 7) is 3.50. The number of hydrogen-bond acceptors (Lipinski definition) is 3. The molecule has 1 N–H and O–H groups in total. The van der Waals surface area contributed by atoms with Crippen LogP contribution in [0.25, 0.3) is 0 Å². The Morgan fingerprint density at radius 3 is 2.86 bits per heavy atom. The summed E-state index contributed by atoms with van der Waals surface area (Å²) >= 11 is 0. The molecule has 1 unspecified atom stereocenters. The number of carboxylic acid groups (broad SMARTS) is 1. The van der Waals surface area contributed by atoms with Gasteiger partial charge in [0.25, 0.3) is 5.91 Å². The smallest absolute Gasteiger partial charge is 0.335 e. The summed E-state index contributed by atoms with van der Waals surface area (Å²) < 4.78 is 5.62. The van der Waals surface area contributed by atoms with Gasteiger partial charge in [0.2, 0.25) is 0 Å². The number of benzene rings is 1. The molecule has 5 heteroatoms. The molecular weight excluding hydrogens is 270 g/mol. The molecule has 1 aromatic rings. The van der Waals surface area contributed by atoms with Crippen molar-refractivity contribution in [3.05, 3.63) is 34.9 Å². The number of carbonyl (C=O) groups excluding carboxylic acids is 1. The van der Waals surface area contributed by atoms with Crippen molar-refractivity contribution in [1.82, 2.24) is 4.90 Å². The van der Waals surface area contributed by atoms with Crippen LogP contribution in [0.15, 0.2) is 18.2 Å². The highest BCUT2D eigenvalue weighted by atomic mass is 16.5. The van der Waals surface area contributed by atoms with Gasteiger partial charge in [-0.15, -0.1) is 0 Å². The van der Waals surface area contributed by atoms with Crippen molar-refractivity contribution >= 4 is 11.9 Å². The van der Waals surface area contributed by atoms with E-state index in [9.17, 15) is 14.7 Å². The van der Waals surface area contributed by atoms with E-state index in [0.29, 0.717) is 31.7 Å². The van der Waals surface area contributed by atoms with E-state index in [2.05, 4.69) is 0 Å². The summed E-state index contributed by atoms with van der Waals surface area (Å²) in [6, 6.07) is 5.27. The first-order valence-corrected chi connectivity index (χ1v) is 7.29. The third kappa shape index (κ3) is 2.42. The standard InChI is InChI=1S/C16H19NO4/c1-16(7-3-9-21-16)15(20)17-8-6-12-11(10-17)4-2-5-13(12)14(18)19/h2,4-5H,3,6-10H2,1H3,(H,18,19). The van der Waals surface area contributed by atoms with Gasteiger partial charge < -0.3 is 14.7 Å².